The molecule has 1 atom stereocenters. The highest BCUT2D eigenvalue weighted by Crippen LogP contribution is 2.26. The van der Waals surface area contributed by atoms with Gasteiger partial charge >= 0.3 is 0 Å². The number of benzene rings is 1. The fourth-order valence-corrected chi connectivity index (χ4v) is 6.19. The van der Waals surface area contributed by atoms with Crippen LogP contribution in [0.25, 0.3) is 0 Å². The minimum atomic E-state index is -3.84. The molecule has 0 amide bonds. The maximum atomic E-state index is 13.0. The molecule has 1 heterocycles. The van der Waals surface area contributed by atoms with Gasteiger partial charge in [0.15, 0.2) is 9.84 Å². The smallest absolute Gasteiger partial charge is 0.229 e. The van der Waals surface area contributed by atoms with Crippen molar-refractivity contribution < 1.29 is 21.2 Å². The Bertz CT molecular complexity index is 727. The second-order valence-electron chi connectivity index (χ2n) is 5.98. The highest BCUT2D eigenvalue weighted by molar-refractivity contribution is 7.92. The van der Waals surface area contributed by atoms with Gasteiger partial charge in [-0.3, -0.25) is 0 Å². The van der Waals surface area contributed by atoms with Gasteiger partial charge in [0, 0.05) is 12.6 Å². The highest BCUT2D eigenvalue weighted by Gasteiger charge is 2.38. The second kappa shape index (κ2) is 6.25. The molecular formula is C14H20FNO4S2. The molecule has 8 heteroatoms. The summed E-state index contributed by atoms with van der Waals surface area (Å²) in [5, 5.41) is 0. The molecule has 1 saturated heterocycles. The van der Waals surface area contributed by atoms with Crippen molar-refractivity contribution in [3.63, 3.8) is 0 Å². The topological polar surface area (TPSA) is 71.5 Å². The van der Waals surface area contributed by atoms with Gasteiger partial charge < -0.3 is 0 Å². The van der Waals surface area contributed by atoms with Crippen LogP contribution in [0, 0.1) is 11.7 Å². The van der Waals surface area contributed by atoms with Crippen LogP contribution in [0.15, 0.2) is 29.2 Å². The van der Waals surface area contributed by atoms with E-state index < -0.39 is 31.7 Å². The molecule has 0 bridgehead atoms. The maximum Gasteiger partial charge on any atom is 0.243 e. The number of hydrogen-bond donors (Lipinski definition) is 0. The van der Waals surface area contributed by atoms with Crippen LogP contribution in [0.3, 0.4) is 0 Å². The van der Waals surface area contributed by atoms with Crippen molar-refractivity contribution in [3.8, 4) is 0 Å². The first-order valence-electron chi connectivity index (χ1n) is 7.09. The Kier molecular flexibility index (Phi) is 4.93. The van der Waals surface area contributed by atoms with E-state index in [0.717, 1.165) is 12.1 Å². The van der Waals surface area contributed by atoms with Crippen LogP contribution in [0.2, 0.25) is 0 Å². The fraction of sp³-hybridized carbons (Fsp3) is 0.571. The van der Waals surface area contributed by atoms with Crippen LogP contribution < -0.4 is 0 Å². The lowest BCUT2D eigenvalue weighted by Crippen LogP contribution is -2.43. The third-order valence-electron chi connectivity index (χ3n) is 3.58. The summed E-state index contributed by atoms with van der Waals surface area (Å²) < 4.78 is 63.2. The molecule has 0 aliphatic carbocycles. The van der Waals surface area contributed by atoms with Gasteiger partial charge in [0.1, 0.15) is 5.82 Å². The Morgan fingerprint density at radius 1 is 1.27 bits per heavy atom. The summed E-state index contributed by atoms with van der Waals surface area (Å²) in [7, 11) is -7.04. The predicted octanol–water partition coefficient (Wildman–Crippen LogP) is 1.66. The average Bonchev–Trinajstić information content (AvgIpc) is 2.76. The van der Waals surface area contributed by atoms with E-state index in [1.54, 1.807) is 0 Å². The molecule has 0 radical (unpaired) electrons. The number of halogens is 1. The zero-order valence-electron chi connectivity index (χ0n) is 12.6. The zero-order chi connectivity index (χ0) is 16.5. The lowest BCUT2D eigenvalue weighted by molar-refractivity contribution is 0.308. The quantitative estimate of drug-likeness (QED) is 0.810. The Morgan fingerprint density at radius 2 is 1.86 bits per heavy atom. The van der Waals surface area contributed by atoms with E-state index in [0.29, 0.717) is 6.42 Å². The summed E-state index contributed by atoms with van der Waals surface area (Å²) >= 11 is 0. The third kappa shape index (κ3) is 3.85. The van der Waals surface area contributed by atoms with Gasteiger partial charge in [0.2, 0.25) is 10.0 Å². The summed E-state index contributed by atoms with van der Waals surface area (Å²) in [6.07, 6.45) is 0.301. The van der Waals surface area contributed by atoms with Crippen LogP contribution in [0.4, 0.5) is 4.39 Å². The first-order chi connectivity index (χ1) is 10.1. The van der Waals surface area contributed by atoms with Gasteiger partial charge in [-0.25, -0.2) is 21.2 Å². The van der Waals surface area contributed by atoms with Gasteiger partial charge in [-0.05, 0) is 36.6 Å². The molecule has 0 unspecified atom stereocenters. The molecule has 0 aromatic heterocycles. The van der Waals surface area contributed by atoms with Crippen molar-refractivity contribution in [2.24, 2.45) is 5.92 Å². The van der Waals surface area contributed by atoms with Gasteiger partial charge in [-0.2, -0.15) is 4.31 Å². The molecule has 1 aliphatic rings. The first kappa shape index (κ1) is 17.4. The number of hydrogen-bond acceptors (Lipinski definition) is 4. The summed E-state index contributed by atoms with van der Waals surface area (Å²) in [5.41, 5.74) is 0. The summed E-state index contributed by atoms with van der Waals surface area (Å²) in [6.45, 7) is 3.98. The molecule has 5 nitrogen and oxygen atoms in total. The van der Waals surface area contributed by atoms with Crippen LogP contribution in [-0.4, -0.2) is 45.2 Å². The fourth-order valence-electron chi connectivity index (χ4n) is 2.55. The molecule has 22 heavy (non-hydrogen) atoms. The third-order valence-corrected chi connectivity index (χ3v) is 7.26. The van der Waals surface area contributed by atoms with Gasteiger partial charge in [-0.1, -0.05) is 13.8 Å². The molecule has 1 aromatic carbocycles. The molecule has 0 spiro atoms. The molecule has 2 rings (SSSR count). The Morgan fingerprint density at radius 3 is 2.32 bits per heavy atom. The Balaban J connectivity index is 2.38. The van der Waals surface area contributed by atoms with Crippen molar-refractivity contribution in [2.45, 2.75) is 31.2 Å². The Hall–Kier alpha value is -0.990. The van der Waals surface area contributed by atoms with Gasteiger partial charge in [0.25, 0.3) is 0 Å². The van der Waals surface area contributed by atoms with E-state index in [1.807, 2.05) is 13.8 Å². The molecule has 1 fully saturated rings. The normalized spacial score (nSPS) is 21.6. The van der Waals surface area contributed by atoms with Crippen molar-refractivity contribution in [1.82, 2.24) is 4.31 Å². The lowest BCUT2D eigenvalue weighted by Gasteiger charge is -2.28. The second-order valence-corrected chi connectivity index (χ2v) is 10.1. The van der Waals surface area contributed by atoms with Crippen LogP contribution in [-0.2, 0) is 19.9 Å². The van der Waals surface area contributed by atoms with Gasteiger partial charge in [-0.15, -0.1) is 0 Å². The molecule has 1 aromatic rings. The van der Waals surface area contributed by atoms with Crippen LogP contribution in [0.1, 0.15) is 20.3 Å². The summed E-state index contributed by atoms with van der Waals surface area (Å²) in [5.74, 6) is -0.609. The van der Waals surface area contributed by atoms with E-state index in [2.05, 4.69) is 0 Å². The van der Waals surface area contributed by atoms with Crippen molar-refractivity contribution in [1.29, 1.82) is 0 Å². The molecule has 0 saturated carbocycles. The average molecular weight is 349 g/mol. The standard InChI is InChI=1S/C14H20FNO4S2/c1-11(2)9-16(13-7-8-21(17,18)10-13)22(19,20)14-5-3-12(15)4-6-14/h3-6,11,13H,7-10H2,1-2H3/t13-/m0/s1. The number of sulfonamides is 1. The summed E-state index contributed by atoms with van der Waals surface area (Å²) in [6, 6.07) is 4.04. The first-order valence-corrected chi connectivity index (χ1v) is 10.4. The predicted molar refractivity (Wildman–Crippen MR) is 82.2 cm³/mol. The number of rotatable bonds is 5. The van der Waals surface area contributed by atoms with Crippen molar-refractivity contribution >= 4 is 19.9 Å². The SMILES string of the molecule is CC(C)CN([C@H]1CCS(=O)(=O)C1)S(=O)(=O)c1ccc(F)cc1. The van der Waals surface area contributed by atoms with Crippen molar-refractivity contribution in [3.05, 3.63) is 30.1 Å². The van der Waals surface area contributed by atoms with Crippen LogP contribution >= 0.6 is 0 Å². The number of nitrogens with zero attached hydrogens (tertiary/aromatic N) is 1. The number of sulfone groups is 1. The van der Waals surface area contributed by atoms with Crippen molar-refractivity contribution in [2.75, 3.05) is 18.1 Å². The monoisotopic (exact) mass is 349 g/mol. The maximum absolute atomic E-state index is 13.0. The van der Waals surface area contributed by atoms with E-state index in [4.69, 9.17) is 0 Å². The molecule has 1 aliphatic heterocycles. The zero-order valence-corrected chi connectivity index (χ0v) is 14.2. The van der Waals surface area contributed by atoms with E-state index >= 15 is 0 Å². The minimum absolute atomic E-state index is 0.00516. The van der Waals surface area contributed by atoms with E-state index in [-0.39, 0.29) is 28.9 Å². The molecule has 124 valence electrons. The molecular weight excluding hydrogens is 329 g/mol. The van der Waals surface area contributed by atoms with E-state index in [1.165, 1.54) is 16.4 Å². The molecule has 0 N–H and O–H groups in total. The largest absolute Gasteiger partial charge is 0.243 e. The Labute approximate surface area is 131 Å². The van der Waals surface area contributed by atoms with E-state index in [9.17, 15) is 21.2 Å². The lowest BCUT2D eigenvalue weighted by atomic mass is 10.2. The van der Waals surface area contributed by atoms with Crippen LogP contribution in [0.5, 0.6) is 0 Å². The highest BCUT2D eigenvalue weighted by atomic mass is 32.2. The van der Waals surface area contributed by atoms with Gasteiger partial charge in [0.05, 0.1) is 16.4 Å². The summed E-state index contributed by atoms with van der Waals surface area (Å²) in [4.78, 5) is -0.0150. The minimum Gasteiger partial charge on any atom is -0.229 e.